The van der Waals surface area contributed by atoms with Gasteiger partial charge in [0.1, 0.15) is 0 Å². The smallest absolute Gasteiger partial charge is 0.228 e. The summed E-state index contributed by atoms with van der Waals surface area (Å²) in [6.07, 6.45) is 2.20. The van der Waals surface area contributed by atoms with Crippen LogP contribution in [-0.4, -0.2) is 29.9 Å². The molecule has 0 aliphatic carbocycles. The third kappa shape index (κ3) is 4.68. The van der Waals surface area contributed by atoms with Crippen LogP contribution in [0.4, 0.5) is 5.69 Å². The first-order valence-electron chi connectivity index (χ1n) is 8.78. The monoisotopic (exact) mass is 372 g/mol. The zero-order valence-corrected chi connectivity index (χ0v) is 15.9. The Bertz CT molecular complexity index is 772. The predicted molar refractivity (Wildman–Crippen MR) is 103 cm³/mol. The molecular formula is C19H24N4O2S. The van der Waals surface area contributed by atoms with Crippen LogP contribution in [0.3, 0.4) is 0 Å². The number of hydrogen-bond acceptors (Lipinski definition) is 5. The third-order valence-corrected chi connectivity index (χ3v) is 5.69. The maximum absolute atomic E-state index is 12.5. The number of thiophene rings is 1. The second kappa shape index (κ2) is 8.42. The van der Waals surface area contributed by atoms with Gasteiger partial charge in [-0.1, -0.05) is 0 Å². The van der Waals surface area contributed by atoms with E-state index in [2.05, 4.69) is 27.0 Å². The van der Waals surface area contributed by atoms with E-state index in [9.17, 15) is 9.59 Å². The fraction of sp³-hybridized carbons (Fsp3) is 0.421. The van der Waals surface area contributed by atoms with Gasteiger partial charge in [0, 0.05) is 23.7 Å². The molecule has 0 saturated carbocycles. The van der Waals surface area contributed by atoms with Gasteiger partial charge in [-0.3, -0.25) is 14.6 Å². The minimum Gasteiger partial charge on any atom is -0.351 e. The fourth-order valence-corrected chi connectivity index (χ4v) is 3.87. The number of hydrogen-bond donors (Lipinski definition) is 3. The highest BCUT2D eigenvalue weighted by Crippen LogP contribution is 2.20. The van der Waals surface area contributed by atoms with Crippen molar-refractivity contribution in [2.45, 2.75) is 26.8 Å². The summed E-state index contributed by atoms with van der Waals surface area (Å²) in [7, 11) is 0. The largest absolute Gasteiger partial charge is 0.351 e. The lowest BCUT2D eigenvalue weighted by atomic mass is 9.89. The molecule has 26 heavy (non-hydrogen) atoms. The van der Waals surface area contributed by atoms with Gasteiger partial charge in [-0.15, -0.1) is 11.3 Å². The molecule has 3 heterocycles. The molecule has 3 N–H and O–H groups in total. The van der Waals surface area contributed by atoms with Crippen molar-refractivity contribution in [3.05, 3.63) is 45.9 Å². The number of aromatic nitrogens is 1. The first kappa shape index (κ1) is 18.5. The standard InChI is InChI=1S/C19H24N4O2S/c1-12-5-6-26-17(12)11-22-18(24)14-7-15(9-20-8-14)19(25)23-16-4-3-13(2)21-10-16/h3-6,10,14-15,20H,7-9,11H2,1-2H3,(H,22,24)(H,23,25)/t14-,15+/m1/s1. The van der Waals surface area contributed by atoms with Crippen molar-refractivity contribution in [1.29, 1.82) is 0 Å². The lowest BCUT2D eigenvalue weighted by Gasteiger charge is -2.28. The van der Waals surface area contributed by atoms with E-state index in [0.29, 0.717) is 31.7 Å². The van der Waals surface area contributed by atoms with Crippen LogP contribution in [0.5, 0.6) is 0 Å². The Kier molecular flexibility index (Phi) is 6.00. The van der Waals surface area contributed by atoms with Crippen molar-refractivity contribution in [2.24, 2.45) is 11.8 Å². The minimum atomic E-state index is -0.232. The van der Waals surface area contributed by atoms with Crippen LogP contribution in [0.1, 0.15) is 22.6 Å². The second-order valence-corrected chi connectivity index (χ2v) is 7.71. The number of piperidine rings is 1. The fourth-order valence-electron chi connectivity index (χ4n) is 3.02. The molecular weight excluding hydrogens is 348 g/mol. The van der Waals surface area contributed by atoms with E-state index >= 15 is 0 Å². The van der Waals surface area contributed by atoms with Crippen LogP contribution in [0.2, 0.25) is 0 Å². The quantitative estimate of drug-likeness (QED) is 0.752. The molecule has 6 nitrogen and oxygen atoms in total. The first-order chi connectivity index (χ1) is 12.5. The number of carbonyl (C=O) groups excluding carboxylic acids is 2. The molecule has 0 aromatic carbocycles. The molecule has 0 unspecified atom stereocenters. The summed E-state index contributed by atoms with van der Waals surface area (Å²) in [5.74, 6) is -0.505. The highest BCUT2D eigenvalue weighted by atomic mass is 32.1. The lowest BCUT2D eigenvalue weighted by molar-refractivity contribution is -0.127. The van der Waals surface area contributed by atoms with Gasteiger partial charge in [-0.25, -0.2) is 0 Å². The van der Waals surface area contributed by atoms with Crippen molar-refractivity contribution in [3.8, 4) is 0 Å². The topological polar surface area (TPSA) is 83.1 Å². The van der Waals surface area contributed by atoms with Crippen LogP contribution < -0.4 is 16.0 Å². The van der Waals surface area contributed by atoms with E-state index in [1.165, 1.54) is 10.4 Å². The lowest BCUT2D eigenvalue weighted by Crippen LogP contribution is -2.47. The van der Waals surface area contributed by atoms with E-state index in [1.54, 1.807) is 17.5 Å². The number of rotatable bonds is 5. The highest BCUT2D eigenvalue weighted by Gasteiger charge is 2.31. The van der Waals surface area contributed by atoms with Crippen molar-refractivity contribution < 1.29 is 9.59 Å². The molecule has 0 bridgehead atoms. The van der Waals surface area contributed by atoms with E-state index in [-0.39, 0.29) is 23.7 Å². The summed E-state index contributed by atoms with van der Waals surface area (Å²) in [5.41, 5.74) is 2.78. The Morgan fingerprint density at radius 1 is 1.19 bits per heavy atom. The number of anilines is 1. The molecule has 1 aliphatic rings. The molecule has 0 spiro atoms. The van der Waals surface area contributed by atoms with Crippen LogP contribution in [0.15, 0.2) is 29.8 Å². The van der Waals surface area contributed by atoms with Crippen molar-refractivity contribution in [3.63, 3.8) is 0 Å². The number of amides is 2. The van der Waals surface area contributed by atoms with Gasteiger partial charge in [-0.05, 0) is 49.4 Å². The molecule has 138 valence electrons. The summed E-state index contributed by atoms with van der Waals surface area (Å²) in [6, 6.07) is 5.75. The molecule has 2 amide bonds. The predicted octanol–water partition coefficient (Wildman–Crippen LogP) is 2.24. The Labute approximate surface area is 157 Å². The molecule has 2 aromatic rings. The first-order valence-corrected chi connectivity index (χ1v) is 9.66. The average Bonchev–Trinajstić information content (AvgIpc) is 3.06. The zero-order valence-electron chi connectivity index (χ0n) is 15.0. The van der Waals surface area contributed by atoms with Gasteiger partial charge in [0.2, 0.25) is 11.8 Å². The van der Waals surface area contributed by atoms with Crippen LogP contribution in [0.25, 0.3) is 0 Å². The molecule has 2 atom stereocenters. The van der Waals surface area contributed by atoms with E-state index in [4.69, 9.17) is 0 Å². The van der Waals surface area contributed by atoms with Crippen LogP contribution in [-0.2, 0) is 16.1 Å². The Morgan fingerprint density at radius 3 is 2.62 bits per heavy atom. The van der Waals surface area contributed by atoms with Gasteiger partial charge in [0.25, 0.3) is 0 Å². The highest BCUT2D eigenvalue weighted by molar-refractivity contribution is 7.10. The molecule has 2 aromatic heterocycles. The Balaban J connectivity index is 1.52. The van der Waals surface area contributed by atoms with E-state index in [0.717, 1.165) is 5.69 Å². The maximum Gasteiger partial charge on any atom is 0.228 e. The van der Waals surface area contributed by atoms with Gasteiger partial charge >= 0.3 is 0 Å². The number of carbonyl (C=O) groups is 2. The summed E-state index contributed by atoms with van der Waals surface area (Å²) in [6.45, 7) is 5.67. The number of nitrogens with zero attached hydrogens (tertiary/aromatic N) is 1. The molecule has 1 fully saturated rings. The third-order valence-electron chi connectivity index (χ3n) is 4.66. The molecule has 3 rings (SSSR count). The summed E-state index contributed by atoms with van der Waals surface area (Å²) < 4.78 is 0. The average molecular weight is 372 g/mol. The summed E-state index contributed by atoms with van der Waals surface area (Å²) in [5, 5.41) is 11.1. The van der Waals surface area contributed by atoms with Gasteiger partial charge in [0.15, 0.2) is 0 Å². The maximum atomic E-state index is 12.5. The van der Waals surface area contributed by atoms with Gasteiger partial charge in [-0.2, -0.15) is 0 Å². The summed E-state index contributed by atoms with van der Waals surface area (Å²) >= 11 is 1.65. The van der Waals surface area contributed by atoms with Crippen LogP contribution >= 0.6 is 11.3 Å². The second-order valence-electron chi connectivity index (χ2n) is 6.71. The van der Waals surface area contributed by atoms with Crippen LogP contribution in [0, 0.1) is 25.7 Å². The van der Waals surface area contributed by atoms with Crippen molar-refractivity contribution in [1.82, 2.24) is 15.6 Å². The Morgan fingerprint density at radius 2 is 1.96 bits per heavy atom. The minimum absolute atomic E-state index is 0.000183. The SMILES string of the molecule is Cc1ccc(NC(=O)[C@@H]2CNC[C@H](C(=O)NCc3sccc3C)C2)cn1. The van der Waals surface area contributed by atoms with Crippen molar-refractivity contribution >= 4 is 28.8 Å². The number of pyridine rings is 1. The van der Waals surface area contributed by atoms with Gasteiger partial charge < -0.3 is 16.0 Å². The van der Waals surface area contributed by atoms with Gasteiger partial charge in [0.05, 0.1) is 30.3 Å². The Hall–Kier alpha value is -2.25. The molecule has 7 heteroatoms. The van der Waals surface area contributed by atoms with E-state index < -0.39 is 0 Å². The number of nitrogens with one attached hydrogen (secondary N) is 3. The number of aryl methyl sites for hydroxylation is 2. The molecule has 1 saturated heterocycles. The zero-order chi connectivity index (χ0) is 18.5. The summed E-state index contributed by atoms with van der Waals surface area (Å²) in [4.78, 5) is 30.3. The molecule has 0 radical (unpaired) electrons. The molecule has 1 aliphatic heterocycles. The van der Waals surface area contributed by atoms with Crippen molar-refractivity contribution in [2.75, 3.05) is 18.4 Å². The normalized spacial score (nSPS) is 19.8. The van der Waals surface area contributed by atoms with E-state index in [1.807, 2.05) is 31.4 Å².